The lowest BCUT2D eigenvalue weighted by Crippen LogP contribution is -2.29. The predicted octanol–water partition coefficient (Wildman–Crippen LogP) is 4.58. The fourth-order valence-electron chi connectivity index (χ4n) is 3.48. The van der Waals surface area contributed by atoms with Crippen LogP contribution in [0.3, 0.4) is 0 Å². The molecule has 1 aliphatic heterocycles. The number of halogens is 2. The van der Waals surface area contributed by atoms with E-state index in [0.717, 1.165) is 27.7 Å². The maximum Gasteiger partial charge on any atom is 0.250 e. The zero-order valence-electron chi connectivity index (χ0n) is 15.5. The van der Waals surface area contributed by atoms with Crippen LogP contribution in [-0.4, -0.2) is 39.9 Å². The van der Waals surface area contributed by atoms with Gasteiger partial charge >= 0.3 is 0 Å². The van der Waals surface area contributed by atoms with Gasteiger partial charge in [0, 0.05) is 29.2 Å². The van der Waals surface area contributed by atoms with E-state index in [1.165, 1.54) is 0 Å². The average Bonchev–Trinajstić information content (AvgIpc) is 3.28. The highest BCUT2D eigenvalue weighted by Gasteiger charge is 2.36. The molecule has 5 nitrogen and oxygen atoms in total. The fraction of sp³-hybridized carbons (Fsp3) is 0.333. The highest BCUT2D eigenvalue weighted by atomic mass is 79.9. The van der Waals surface area contributed by atoms with Crippen LogP contribution in [0.25, 0.3) is 11.3 Å². The lowest BCUT2D eigenvalue weighted by Gasteiger charge is -2.23. The molecule has 0 spiro atoms. The van der Waals surface area contributed by atoms with Gasteiger partial charge in [0.15, 0.2) is 6.23 Å². The molecular formula is C21H21BrFN3O2. The number of benzene rings is 1. The van der Waals surface area contributed by atoms with Crippen LogP contribution < -0.4 is 0 Å². The summed E-state index contributed by atoms with van der Waals surface area (Å²) in [7, 11) is 0. The minimum absolute atomic E-state index is 0.0221. The summed E-state index contributed by atoms with van der Waals surface area (Å²) >= 11 is 3.44. The number of aromatic nitrogens is 2. The molecule has 0 N–H and O–H groups in total. The van der Waals surface area contributed by atoms with Gasteiger partial charge in [-0.05, 0) is 42.3 Å². The molecule has 2 aliphatic rings. The van der Waals surface area contributed by atoms with Crippen LogP contribution in [0, 0.1) is 0 Å². The molecule has 1 aliphatic carbocycles. The topological polar surface area (TPSA) is 47.4 Å². The summed E-state index contributed by atoms with van der Waals surface area (Å²) in [6.45, 7) is 2.71. The molecule has 1 fully saturated rings. The molecule has 4 rings (SSSR count). The Labute approximate surface area is 171 Å². The summed E-state index contributed by atoms with van der Waals surface area (Å²) in [4.78, 5) is 14.0. The van der Waals surface area contributed by atoms with E-state index >= 15 is 0 Å². The van der Waals surface area contributed by atoms with E-state index in [2.05, 4.69) is 15.9 Å². The molecule has 7 heteroatoms. The Morgan fingerprint density at radius 3 is 2.79 bits per heavy atom. The van der Waals surface area contributed by atoms with Crippen molar-refractivity contribution in [1.82, 2.24) is 14.7 Å². The number of carbonyl (C=O) groups is 1. The van der Waals surface area contributed by atoms with Crippen molar-refractivity contribution in [2.45, 2.75) is 32.2 Å². The number of hydrogen-bond acceptors (Lipinski definition) is 3. The molecule has 0 radical (unpaired) electrons. The van der Waals surface area contributed by atoms with Gasteiger partial charge < -0.3 is 9.64 Å². The van der Waals surface area contributed by atoms with E-state index in [1.807, 2.05) is 43.5 Å². The summed E-state index contributed by atoms with van der Waals surface area (Å²) in [6.07, 6.45) is 6.76. The quantitative estimate of drug-likeness (QED) is 0.676. The Hall–Kier alpha value is -2.25. The zero-order valence-corrected chi connectivity index (χ0v) is 17.1. The molecule has 2 aromatic rings. The SMILES string of the molecule is CCCN1C(=O)COC1c1cn(-c2ccc(Br)cc2)nc1C1=CCC(F)C=C1. The van der Waals surface area contributed by atoms with E-state index in [-0.39, 0.29) is 12.5 Å². The second kappa shape index (κ2) is 8.01. The molecule has 0 bridgehead atoms. The second-order valence-corrected chi connectivity index (χ2v) is 7.79. The first kappa shape index (κ1) is 19.1. The Morgan fingerprint density at radius 1 is 1.32 bits per heavy atom. The normalized spacial score (nSPS) is 22.0. The van der Waals surface area contributed by atoms with Gasteiger partial charge in [-0.2, -0.15) is 5.10 Å². The monoisotopic (exact) mass is 445 g/mol. The van der Waals surface area contributed by atoms with Crippen molar-refractivity contribution < 1.29 is 13.9 Å². The molecule has 2 heterocycles. The molecule has 28 heavy (non-hydrogen) atoms. The minimum atomic E-state index is -0.971. The standard InChI is InChI=1S/C21H21BrFN3O2/c1-2-11-25-19(27)13-28-21(25)18-12-26(17-9-5-15(22)6-10-17)24-20(18)14-3-7-16(23)8-4-14/h3-7,9-10,12,16,21H,2,8,11,13H2,1H3. The third-order valence-corrected chi connectivity index (χ3v) is 5.38. The van der Waals surface area contributed by atoms with Crippen LogP contribution in [0.4, 0.5) is 4.39 Å². The molecule has 146 valence electrons. The number of hydrogen-bond donors (Lipinski definition) is 0. The average molecular weight is 446 g/mol. The van der Waals surface area contributed by atoms with Gasteiger partial charge in [0.25, 0.3) is 5.91 Å². The number of alkyl halides is 1. The Bertz CT molecular complexity index is 936. The molecule has 2 unspecified atom stereocenters. The third-order valence-electron chi connectivity index (χ3n) is 4.85. The number of amides is 1. The fourth-order valence-corrected chi connectivity index (χ4v) is 3.75. The largest absolute Gasteiger partial charge is 0.344 e. The Balaban J connectivity index is 1.78. The van der Waals surface area contributed by atoms with Crippen LogP contribution in [0.5, 0.6) is 0 Å². The van der Waals surface area contributed by atoms with E-state index in [4.69, 9.17) is 9.84 Å². The van der Waals surface area contributed by atoms with Crippen molar-refractivity contribution in [1.29, 1.82) is 0 Å². The zero-order chi connectivity index (χ0) is 19.7. The van der Waals surface area contributed by atoms with Crippen molar-refractivity contribution in [2.24, 2.45) is 0 Å². The first-order valence-electron chi connectivity index (χ1n) is 9.36. The van der Waals surface area contributed by atoms with Crippen molar-refractivity contribution in [3.63, 3.8) is 0 Å². The molecular weight excluding hydrogens is 425 g/mol. The summed E-state index contributed by atoms with van der Waals surface area (Å²) in [5.74, 6) is -0.0221. The number of carbonyl (C=O) groups excluding carboxylic acids is 1. The van der Waals surface area contributed by atoms with E-state index in [9.17, 15) is 9.18 Å². The summed E-state index contributed by atoms with van der Waals surface area (Å²) < 4.78 is 22.1. The number of nitrogens with zero attached hydrogens (tertiary/aromatic N) is 3. The first-order valence-corrected chi connectivity index (χ1v) is 10.2. The molecule has 1 saturated heterocycles. The molecule has 1 amide bonds. The predicted molar refractivity (Wildman–Crippen MR) is 109 cm³/mol. The van der Waals surface area contributed by atoms with Crippen molar-refractivity contribution in [2.75, 3.05) is 13.2 Å². The third kappa shape index (κ3) is 3.69. The second-order valence-electron chi connectivity index (χ2n) is 6.87. The van der Waals surface area contributed by atoms with Crippen molar-refractivity contribution >= 4 is 27.4 Å². The van der Waals surface area contributed by atoms with Gasteiger partial charge in [-0.1, -0.05) is 35.0 Å². The van der Waals surface area contributed by atoms with Crippen LogP contribution >= 0.6 is 15.9 Å². The maximum absolute atomic E-state index is 13.6. The number of ether oxygens (including phenoxy) is 1. The molecule has 1 aromatic carbocycles. The van der Waals surface area contributed by atoms with E-state index in [1.54, 1.807) is 21.7 Å². The van der Waals surface area contributed by atoms with Gasteiger partial charge in [0.05, 0.1) is 5.69 Å². The number of rotatable bonds is 5. The summed E-state index contributed by atoms with van der Waals surface area (Å²) in [6, 6.07) is 7.81. The van der Waals surface area contributed by atoms with Gasteiger partial charge in [-0.25, -0.2) is 9.07 Å². The van der Waals surface area contributed by atoms with Gasteiger partial charge in [0.1, 0.15) is 18.5 Å². The Kier molecular flexibility index (Phi) is 5.46. The highest BCUT2D eigenvalue weighted by Crippen LogP contribution is 2.35. The van der Waals surface area contributed by atoms with Crippen LogP contribution in [0.1, 0.15) is 37.3 Å². The molecule has 1 aromatic heterocycles. The summed E-state index contributed by atoms with van der Waals surface area (Å²) in [5, 5.41) is 4.76. The van der Waals surface area contributed by atoms with Crippen molar-refractivity contribution in [3.8, 4) is 5.69 Å². The lowest BCUT2D eigenvalue weighted by atomic mass is 10.00. The van der Waals surface area contributed by atoms with Crippen LogP contribution in [0.2, 0.25) is 0 Å². The maximum atomic E-state index is 13.6. The molecule has 0 saturated carbocycles. The smallest absolute Gasteiger partial charge is 0.250 e. The van der Waals surface area contributed by atoms with Crippen LogP contribution in [0.15, 0.2) is 53.2 Å². The lowest BCUT2D eigenvalue weighted by molar-refractivity contribution is -0.128. The van der Waals surface area contributed by atoms with Gasteiger partial charge in [-0.3, -0.25) is 4.79 Å². The van der Waals surface area contributed by atoms with Crippen LogP contribution in [-0.2, 0) is 9.53 Å². The summed E-state index contributed by atoms with van der Waals surface area (Å²) in [5.41, 5.74) is 3.27. The molecule has 2 atom stereocenters. The van der Waals surface area contributed by atoms with E-state index < -0.39 is 12.4 Å². The Morgan fingerprint density at radius 2 is 2.11 bits per heavy atom. The van der Waals surface area contributed by atoms with E-state index in [0.29, 0.717) is 18.7 Å². The van der Waals surface area contributed by atoms with Gasteiger partial charge in [0.2, 0.25) is 0 Å². The highest BCUT2D eigenvalue weighted by molar-refractivity contribution is 9.10. The number of allylic oxidation sites excluding steroid dienone is 4. The minimum Gasteiger partial charge on any atom is -0.344 e. The van der Waals surface area contributed by atoms with Gasteiger partial charge in [-0.15, -0.1) is 0 Å². The first-order chi connectivity index (χ1) is 13.6. The van der Waals surface area contributed by atoms with Crippen molar-refractivity contribution in [3.05, 3.63) is 64.4 Å².